The molecule has 11 nitrogen and oxygen atoms in total. The number of aliphatic hydroxyl groups is 1. The highest BCUT2D eigenvalue weighted by Crippen LogP contribution is 2.43. The number of ether oxygens (including phenoxy) is 3. The predicted octanol–water partition coefficient (Wildman–Crippen LogP) is 18.0. The number of hydrogen-bond acceptors (Lipinski definition) is 10. The second kappa shape index (κ2) is 57.6. The Morgan fingerprint density at radius 2 is 0.711 bits per heavy atom. The van der Waals surface area contributed by atoms with Gasteiger partial charge in [0.05, 0.1) is 19.8 Å². The molecule has 0 aromatic carbocycles. The van der Waals surface area contributed by atoms with Crippen LogP contribution in [0.25, 0.3) is 0 Å². The van der Waals surface area contributed by atoms with Crippen molar-refractivity contribution in [3.05, 3.63) is 97.2 Å². The molecule has 0 fully saturated rings. The Morgan fingerprint density at radius 3 is 1.14 bits per heavy atom. The number of allylic oxidation sites excluding steroid dienone is 16. The van der Waals surface area contributed by atoms with Gasteiger partial charge < -0.3 is 24.2 Å². The van der Waals surface area contributed by atoms with Gasteiger partial charge in [0.1, 0.15) is 12.7 Å². The molecule has 0 radical (unpaired) electrons. The minimum atomic E-state index is -4.77. The molecule has 76 heavy (non-hydrogen) atoms. The van der Waals surface area contributed by atoms with Gasteiger partial charge >= 0.3 is 25.7 Å². The fraction of sp³-hybridized carbons (Fsp3) is 0.703. The third-order valence-corrected chi connectivity index (χ3v) is 13.4. The summed E-state index contributed by atoms with van der Waals surface area (Å²) >= 11 is 0. The molecule has 436 valence electrons. The lowest BCUT2D eigenvalue weighted by atomic mass is 10.1. The van der Waals surface area contributed by atoms with Gasteiger partial charge in [0, 0.05) is 19.3 Å². The molecule has 0 saturated carbocycles. The molecule has 0 saturated heterocycles. The van der Waals surface area contributed by atoms with Gasteiger partial charge in [-0.3, -0.25) is 23.4 Å². The van der Waals surface area contributed by atoms with Crippen molar-refractivity contribution >= 4 is 25.7 Å². The first-order valence-electron chi connectivity index (χ1n) is 30.1. The maximum absolute atomic E-state index is 12.9. The molecule has 0 rings (SSSR count). The van der Waals surface area contributed by atoms with Gasteiger partial charge in [-0.15, -0.1) is 0 Å². The molecule has 0 aliphatic carbocycles. The van der Waals surface area contributed by atoms with Crippen LogP contribution in [0.5, 0.6) is 0 Å². The van der Waals surface area contributed by atoms with Gasteiger partial charge in [0.2, 0.25) is 0 Å². The van der Waals surface area contributed by atoms with Crippen molar-refractivity contribution in [3.63, 3.8) is 0 Å². The van der Waals surface area contributed by atoms with E-state index in [2.05, 4.69) is 106 Å². The number of aliphatic hydroxyl groups excluding tert-OH is 1. The lowest BCUT2D eigenvalue weighted by Crippen LogP contribution is -2.30. The summed E-state index contributed by atoms with van der Waals surface area (Å²) < 4.78 is 39.5. The van der Waals surface area contributed by atoms with Gasteiger partial charge in [-0.2, -0.15) is 0 Å². The molecule has 0 aromatic heterocycles. The van der Waals surface area contributed by atoms with Crippen molar-refractivity contribution < 1.29 is 52.2 Å². The average molecular weight is 1090 g/mol. The first-order chi connectivity index (χ1) is 37.2. The molecule has 0 aliphatic rings. The Morgan fingerprint density at radius 1 is 0.382 bits per heavy atom. The third-order valence-electron chi connectivity index (χ3n) is 12.5. The van der Waals surface area contributed by atoms with Crippen molar-refractivity contribution in [1.82, 2.24) is 0 Å². The zero-order chi connectivity index (χ0) is 55.5. The summed E-state index contributed by atoms with van der Waals surface area (Å²) in [7, 11) is -4.77. The largest absolute Gasteiger partial charge is 0.472 e. The third kappa shape index (κ3) is 55.2. The van der Waals surface area contributed by atoms with E-state index in [0.29, 0.717) is 19.3 Å². The van der Waals surface area contributed by atoms with Crippen LogP contribution in [-0.2, 0) is 42.2 Å². The molecule has 0 bridgehead atoms. The summed E-state index contributed by atoms with van der Waals surface area (Å²) in [5.74, 6) is -1.56. The van der Waals surface area contributed by atoms with Crippen LogP contribution in [0.2, 0.25) is 0 Å². The quantitative estimate of drug-likeness (QED) is 0.0197. The highest BCUT2D eigenvalue weighted by Gasteiger charge is 2.28. The number of phosphoric ester groups is 1. The molecule has 2 N–H and O–H groups in total. The fourth-order valence-electron chi connectivity index (χ4n) is 7.97. The van der Waals surface area contributed by atoms with E-state index in [4.69, 9.17) is 23.3 Å². The standard InChI is InChI=1S/C64H109O11P/c1-4-7-10-13-16-19-22-25-27-29-30-32-33-36-38-41-44-47-50-53-62(66)71-57-61(75-64(68)55-52-49-46-43-40-37-34-31-28-26-23-20-17-14-11-8-5-2)59-73-76(69,70)72-58-60(56-65)74-63(67)54-51-48-45-42-39-35-24-21-18-15-12-9-6-3/h8-9,11-12,17-18,20-21,25-28,35,39,45,48,60-61,65H,4-7,10,13-16,19,22-24,29-34,36-38,40-44,46-47,49-59H2,1-3H3,(H,69,70)/b11-8-,12-9-,20-17-,21-18-,27-25-,28-26-,39-35-,48-45-. The van der Waals surface area contributed by atoms with Gasteiger partial charge in [0.25, 0.3) is 0 Å². The van der Waals surface area contributed by atoms with Crippen LogP contribution in [0.3, 0.4) is 0 Å². The van der Waals surface area contributed by atoms with Crippen molar-refractivity contribution in [2.75, 3.05) is 26.4 Å². The summed E-state index contributed by atoms with van der Waals surface area (Å²) in [5, 5.41) is 9.80. The van der Waals surface area contributed by atoms with E-state index in [0.717, 1.165) is 103 Å². The second-order valence-corrected chi connectivity index (χ2v) is 21.2. The van der Waals surface area contributed by atoms with E-state index in [-0.39, 0.29) is 25.9 Å². The van der Waals surface area contributed by atoms with Crippen molar-refractivity contribution in [3.8, 4) is 0 Å². The number of unbranched alkanes of at least 4 members (excludes halogenated alkanes) is 22. The minimum Gasteiger partial charge on any atom is -0.462 e. The number of rotatable bonds is 55. The maximum Gasteiger partial charge on any atom is 0.472 e. The first-order valence-corrected chi connectivity index (χ1v) is 31.6. The van der Waals surface area contributed by atoms with Crippen LogP contribution in [0, 0.1) is 0 Å². The number of phosphoric acid groups is 1. The second-order valence-electron chi connectivity index (χ2n) is 19.7. The van der Waals surface area contributed by atoms with Crippen LogP contribution in [-0.4, -0.2) is 66.5 Å². The van der Waals surface area contributed by atoms with Crippen LogP contribution in [0.15, 0.2) is 97.2 Å². The number of hydrogen-bond donors (Lipinski definition) is 2. The summed E-state index contributed by atoms with van der Waals surface area (Å²) in [6, 6.07) is 0. The Bertz CT molecular complexity index is 1640. The Balaban J connectivity index is 4.78. The maximum atomic E-state index is 12.9. The van der Waals surface area contributed by atoms with Crippen LogP contribution in [0.1, 0.15) is 252 Å². The molecule has 12 heteroatoms. The summed E-state index contributed by atoms with van der Waals surface area (Å²) in [6.45, 7) is 4.33. The zero-order valence-electron chi connectivity index (χ0n) is 48.2. The van der Waals surface area contributed by atoms with E-state index in [9.17, 15) is 28.9 Å². The average Bonchev–Trinajstić information content (AvgIpc) is 3.41. The van der Waals surface area contributed by atoms with E-state index in [1.54, 1.807) is 0 Å². The lowest BCUT2D eigenvalue weighted by Gasteiger charge is -2.21. The SMILES string of the molecule is CC/C=C\C/C=C\C/C=C\C/C=C\CCC(=O)OC(CO)COP(=O)(O)OCC(COC(=O)CCCCCCCCCCC/C=C\CCCCCCCC)OC(=O)CCCCCCCCC/C=C\C/C=C\C/C=C\CC. The zero-order valence-corrected chi connectivity index (χ0v) is 49.1. The molecule has 0 amide bonds. The molecular formula is C64H109O11P. The van der Waals surface area contributed by atoms with E-state index in [1.807, 2.05) is 12.2 Å². The summed E-state index contributed by atoms with van der Waals surface area (Å²) in [4.78, 5) is 48.6. The van der Waals surface area contributed by atoms with Crippen molar-refractivity contribution in [2.45, 2.75) is 264 Å². The number of esters is 3. The minimum absolute atomic E-state index is 0.0521. The Hall–Kier alpha value is -3.60. The summed E-state index contributed by atoms with van der Waals surface area (Å²) in [5.41, 5.74) is 0. The number of carbonyl (C=O) groups is 3. The molecule has 0 spiro atoms. The Labute approximate surface area is 463 Å². The van der Waals surface area contributed by atoms with E-state index in [1.165, 1.54) is 89.9 Å². The molecular weight excluding hydrogens is 976 g/mol. The monoisotopic (exact) mass is 1080 g/mol. The Kier molecular flexibility index (Phi) is 54.8. The predicted molar refractivity (Wildman–Crippen MR) is 316 cm³/mol. The van der Waals surface area contributed by atoms with Crippen molar-refractivity contribution in [1.29, 1.82) is 0 Å². The highest BCUT2D eigenvalue weighted by atomic mass is 31.2. The smallest absolute Gasteiger partial charge is 0.462 e. The number of carbonyl (C=O) groups excluding carboxylic acids is 3. The highest BCUT2D eigenvalue weighted by molar-refractivity contribution is 7.47. The van der Waals surface area contributed by atoms with E-state index < -0.39 is 57.8 Å². The molecule has 0 aromatic rings. The van der Waals surface area contributed by atoms with Crippen LogP contribution >= 0.6 is 7.82 Å². The fourth-order valence-corrected chi connectivity index (χ4v) is 8.75. The normalized spacial score (nSPS) is 14.0. The molecule has 3 atom stereocenters. The van der Waals surface area contributed by atoms with Crippen molar-refractivity contribution in [2.24, 2.45) is 0 Å². The van der Waals surface area contributed by atoms with Gasteiger partial charge in [-0.1, -0.05) is 227 Å². The molecule has 0 heterocycles. The first kappa shape index (κ1) is 72.4. The molecule has 3 unspecified atom stereocenters. The van der Waals surface area contributed by atoms with Gasteiger partial charge in [-0.05, 0) is 103 Å². The molecule has 0 aliphatic heterocycles. The van der Waals surface area contributed by atoms with Gasteiger partial charge in [-0.25, -0.2) is 4.57 Å². The van der Waals surface area contributed by atoms with Gasteiger partial charge in [0.15, 0.2) is 6.10 Å². The van der Waals surface area contributed by atoms with Crippen LogP contribution in [0.4, 0.5) is 0 Å². The van der Waals surface area contributed by atoms with E-state index >= 15 is 0 Å². The lowest BCUT2D eigenvalue weighted by molar-refractivity contribution is -0.161. The van der Waals surface area contributed by atoms with Crippen LogP contribution < -0.4 is 0 Å². The topological polar surface area (TPSA) is 155 Å². The summed E-state index contributed by atoms with van der Waals surface area (Å²) in [6.07, 6.45) is 68.1.